The SMILES string of the molecule is CC.CC.Cc1cccc(-n2cc3c(n2)CN(C(=O)c2cc(S(=O)(=O)C(C)C)ccc2O[C@@H](C)C(F)(F)F)C3)c1F. The van der Waals surface area contributed by atoms with Gasteiger partial charge in [0.1, 0.15) is 11.4 Å². The van der Waals surface area contributed by atoms with E-state index < -0.39 is 39.1 Å². The fourth-order valence-corrected chi connectivity index (χ4v) is 4.97. The number of carbonyl (C=O) groups excluding carboxylic acids is 1. The van der Waals surface area contributed by atoms with Crippen molar-refractivity contribution in [3.63, 3.8) is 0 Å². The lowest BCUT2D eigenvalue weighted by molar-refractivity contribution is -0.189. The Hall–Kier alpha value is -3.41. The quantitative estimate of drug-likeness (QED) is 0.284. The third-order valence-electron chi connectivity index (χ3n) is 6.18. The molecule has 0 saturated carbocycles. The van der Waals surface area contributed by atoms with Gasteiger partial charge in [-0.1, -0.05) is 39.8 Å². The fraction of sp³-hybridized carbons (Fsp3) is 0.448. The number of fused-ring (bicyclic) bond motifs is 1. The predicted octanol–water partition coefficient (Wildman–Crippen LogP) is 7.04. The van der Waals surface area contributed by atoms with Gasteiger partial charge in [-0.3, -0.25) is 4.79 Å². The molecule has 0 radical (unpaired) electrons. The van der Waals surface area contributed by atoms with Crippen molar-refractivity contribution in [2.75, 3.05) is 0 Å². The first-order valence-corrected chi connectivity index (χ1v) is 15.0. The average molecular weight is 600 g/mol. The Bertz CT molecular complexity index is 1440. The number of nitrogens with zero attached hydrogens (tertiary/aromatic N) is 3. The normalized spacial score (nSPS) is 13.5. The van der Waals surface area contributed by atoms with Crippen LogP contribution in [0.4, 0.5) is 17.6 Å². The van der Waals surface area contributed by atoms with E-state index >= 15 is 0 Å². The molecule has 2 heterocycles. The number of amides is 1. The van der Waals surface area contributed by atoms with Crippen LogP contribution >= 0.6 is 0 Å². The first-order valence-electron chi connectivity index (χ1n) is 13.4. The number of ether oxygens (including phenoxy) is 1. The van der Waals surface area contributed by atoms with Crippen molar-refractivity contribution in [3.05, 3.63) is 70.8 Å². The maximum absolute atomic E-state index is 14.5. The number of hydrogen-bond donors (Lipinski definition) is 0. The molecule has 3 aromatic rings. The summed E-state index contributed by atoms with van der Waals surface area (Å²) in [6.07, 6.45) is -5.33. The number of benzene rings is 2. The minimum absolute atomic E-state index is 0.00399. The van der Waals surface area contributed by atoms with Crippen LogP contribution in [0.3, 0.4) is 0 Å². The summed E-state index contributed by atoms with van der Waals surface area (Å²) in [6.45, 7) is 13.4. The number of carbonyl (C=O) groups is 1. The molecule has 12 heteroatoms. The number of rotatable bonds is 6. The van der Waals surface area contributed by atoms with Gasteiger partial charge in [0.05, 0.1) is 27.9 Å². The van der Waals surface area contributed by atoms with E-state index in [0.717, 1.165) is 25.1 Å². The largest absolute Gasteiger partial charge is 0.480 e. The average Bonchev–Trinajstić information content (AvgIpc) is 3.51. The highest BCUT2D eigenvalue weighted by Crippen LogP contribution is 2.33. The van der Waals surface area contributed by atoms with E-state index in [2.05, 4.69) is 5.10 Å². The molecule has 0 N–H and O–H groups in total. The highest BCUT2D eigenvalue weighted by Gasteiger charge is 2.39. The summed E-state index contributed by atoms with van der Waals surface area (Å²) in [5, 5.41) is 3.57. The molecule has 7 nitrogen and oxygen atoms in total. The summed E-state index contributed by atoms with van der Waals surface area (Å²) in [5.74, 6) is -1.52. The van der Waals surface area contributed by atoms with Crippen molar-refractivity contribution >= 4 is 15.7 Å². The molecule has 41 heavy (non-hydrogen) atoms. The Morgan fingerprint density at radius 1 is 1.02 bits per heavy atom. The maximum atomic E-state index is 14.5. The predicted molar refractivity (Wildman–Crippen MR) is 149 cm³/mol. The smallest absolute Gasteiger partial charge is 0.425 e. The molecule has 0 fully saturated rings. The van der Waals surface area contributed by atoms with Crippen molar-refractivity contribution in [3.8, 4) is 11.4 Å². The van der Waals surface area contributed by atoms with Crippen molar-refractivity contribution in [2.24, 2.45) is 0 Å². The van der Waals surface area contributed by atoms with Crippen LogP contribution < -0.4 is 4.74 Å². The zero-order valence-corrected chi connectivity index (χ0v) is 25.3. The molecule has 1 amide bonds. The second-order valence-electron chi connectivity index (χ2n) is 9.17. The highest BCUT2D eigenvalue weighted by molar-refractivity contribution is 7.92. The van der Waals surface area contributed by atoms with Crippen molar-refractivity contribution < 1.29 is 35.5 Å². The first-order chi connectivity index (χ1) is 19.2. The van der Waals surface area contributed by atoms with Gasteiger partial charge in [0.15, 0.2) is 21.8 Å². The van der Waals surface area contributed by atoms with Gasteiger partial charge in [0.25, 0.3) is 5.91 Å². The lowest BCUT2D eigenvalue weighted by Crippen LogP contribution is -2.33. The number of aryl methyl sites for hydroxylation is 1. The van der Waals surface area contributed by atoms with Crippen LogP contribution in [0.1, 0.15) is 75.6 Å². The third kappa shape index (κ3) is 7.27. The summed E-state index contributed by atoms with van der Waals surface area (Å²) in [7, 11) is -3.82. The second-order valence-corrected chi connectivity index (χ2v) is 11.7. The third-order valence-corrected chi connectivity index (χ3v) is 8.33. The van der Waals surface area contributed by atoms with E-state index in [1.807, 2.05) is 27.7 Å². The maximum Gasteiger partial charge on any atom is 0.425 e. The number of hydrogen-bond acceptors (Lipinski definition) is 5. The van der Waals surface area contributed by atoms with Gasteiger partial charge in [0, 0.05) is 18.3 Å². The van der Waals surface area contributed by atoms with E-state index in [4.69, 9.17) is 4.74 Å². The van der Waals surface area contributed by atoms with Crippen molar-refractivity contribution in [2.45, 2.75) is 90.9 Å². The summed E-state index contributed by atoms with van der Waals surface area (Å²) in [6, 6.07) is 8.14. The lowest BCUT2D eigenvalue weighted by atomic mass is 10.1. The van der Waals surface area contributed by atoms with E-state index in [1.54, 1.807) is 31.3 Å². The minimum atomic E-state index is -4.69. The standard InChI is InChI=1S/C25H25F4N3O4S.2C2H6/c1-14(2)37(34,35)18-8-9-22(36-16(4)25(27,28)29)19(10-18)24(33)31-11-17-12-32(30-20(17)13-31)21-7-5-6-15(3)23(21)26;2*1-2/h5-10,12,14,16H,11,13H2,1-4H3;2*1-2H3/t16-;;/m0../s1. The number of alkyl halides is 3. The molecule has 0 aliphatic carbocycles. The topological polar surface area (TPSA) is 81.5 Å². The molecule has 4 rings (SSSR count). The van der Waals surface area contributed by atoms with Crippen LogP contribution in [0, 0.1) is 12.7 Å². The van der Waals surface area contributed by atoms with Crippen molar-refractivity contribution in [1.29, 1.82) is 0 Å². The van der Waals surface area contributed by atoms with Crippen LogP contribution in [0.15, 0.2) is 47.5 Å². The number of halogens is 4. The highest BCUT2D eigenvalue weighted by atomic mass is 32.2. The molecule has 0 saturated heterocycles. The van der Waals surface area contributed by atoms with Crippen LogP contribution in [0.25, 0.3) is 5.69 Å². The van der Waals surface area contributed by atoms with Gasteiger partial charge in [-0.2, -0.15) is 18.3 Å². The fourth-order valence-electron chi connectivity index (χ4n) is 3.88. The van der Waals surface area contributed by atoms with Crippen LogP contribution in [0.5, 0.6) is 5.75 Å². The van der Waals surface area contributed by atoms with E-state index in [9.17, 15) is 30.8 Å². The van der Waals surface area contributed by atoms with Gasteiger partial charge < -0.3 is 9.64 Å². The molecular weight excluding hydrogens is 562 g/mol. The van der Waals surface area contributed by atoms with Gasteiger partial charge in [-0.15, -0.1) is 0 Å². The van der Waals surface area contributed by atoms with Crippen molar-refractivity contribution in [1.82, 2.24) is 14.7 Å². The lowest BCUT2D eigenvalue weighted by Gasteiger charge is -2.22. The minimum Gasteiger partial charge on any atom is -0.480 e. The van der Waals surface area contributed by atoms with Gasteiger partial charge in [-0.05, 0) is 57.5 Å². The van der Waals surface area contributed by atoms with Gasteiger partial charge in [-0.25, -0.2) is 17.5 Å². The molecule has 1 aliphatic rings. The Kier molecular flexibility index (Phi) is 11.1. The second kappa shape index (κ2) is 13.5. The Balaban J connectivity index is 0.00000141. The molecule has 0 unspecified atom stereocenters. The van der Waals surface area contributed by atoms with E-state index in [-0.39, 0.29) is 35.0 Å². The Labute approximate surface area is 239 Å². The number of sulfone groups is 1. The summed E-state index contributed by atoms with van der Waals surface area (Å²) >= 11 is 0. The van der Waals surface area contributed by atoms with Crippen LogP contribution in [0.2, 0.25) is 0 Å². The molecule has 226 valence electrons. The monoisotopic (exact) mass is 599 g/mol. The Morgan fingerprint density at radius 2 is 1.66 bits per heavy atom. The van der Waals surface area contributed by atoms with Gasteiger partial charge >= 0.3 is 6.18 Å². The van der Waals surface area contributed by atoms with Gasteiger partial charge in [0.2, 0.25) is 0 Å². The Morgan fingerprint density at radius 3 is 2.22 bits per heavy atom. The molecule has 2 aromatic carbocycles. The zero-order valence-electron chi connectivity index (χ0n) is 24.5. The van der Waals surface area contributed by atoms with E-state index in [0.29, 0.717) is 16.8 Å². The van der Waals surface area contributed by atoms with E-state index in [1.165, 1.54) is 23.4 Å². The number of aromatic nitrogens is 2. The molecule has 0 spiro atoms. The molecular formula is C29H37F4N3O4S. The molecule has 1 aromatic heterocycles. The van der Waals surface area contributed by atoms with Crippen LogP contribution in [-0.4, -0.2) is 46.5 Å². The first kappa shape index (κ1) is 33.8. The van der Waals surface area contributed by atoms with Crippen LogP contribution in [-0.2, 0) is 22.9 Å². The molecule has 1 atom stereocenters. The summed E-state index contributed by atoms with van der Waals surface area (Å²) in [5.41, 5.74) is 1.51. The molecule has 0 bridgehead atoms. The molecule has 1 aliphatic heterocycles. The zero-order chi connectivity index (χ0) is 31.3. The summed E-state index contributed by atoms with van der Waals surface area (Å²) < 4.78 is 85.8. The summed E-state index contributed by atoms with van der Waals surface area (Å²) in [4.78, 5) is 14.6.